The van der Waals surface area contributed by atoms with Gasteiger partial charge in [-0.05, 0) is 43.2 Å². The monoisotopic (exact) mass is 293 g/mol. The van der Waals surface area contributed by atoms with Gasteiger partial charge in [-0.1, -0.05) is 37.3 Å². The topological polar surface area (TPSA) is 54.9 Å². The van der Waals surface area contributed by atoms with Gasteiger partial charge >= 0.3 is 0 Å². The Morgan fingerprint density at radius 2 is 1.90 bits per heavy atom. The van der Waals surface area contributed by atoms with Crippen LogP contribution in [0.25, 0.3) is 0 Å². The zero-order valence-corrected chi connectivity index (χ0v) is 12.3. The Morgan fingerprint density at radius 1 is 1.10 bits per heavy atom. The van der Waals surface area contributed by atoms with Gasteiger partial charge in [-0.25, -0.2) is 0 Å². The predicted octanol–water partition coefficient (Wildman–Crippen LogP) is 3.68. The molecule has 1 aromatic rings. The third-order valence-electron chi connectivity index (χ3n) is 4.79. The first-order chi connectivity index (χ1) is 9.72. The number of anilines is 1. The average Bonchev–Trinajstić information content (AvgIpc) is 2.49. The van der Waals surface area contributed by atoms with Gasteiger partial charge in [-0.15, -0.1) is 10.2 Å². The molecule has 0 bridgehead atoms. The highest BCUT2D eigenvalue weighted by atomic mass is 35.5. The quantitative estimate of drug-likeness (QED) is 0.905. The Kier molecular flexibility index (Phi) is 4.20. The standard InChI is InChI=1S/C15H20ClN3O/c16-13-7-8-14(19-18-13)17-15(20)12-6-5-10-3-1-2-4-11(10)9-12/h7-8,10-12H,1-6,9H2,(H,17,19,20). The van der Waals surface area contributed by atoms with Crippen LogP contribution in [0.5, 0.6) is 0 Å². The van der Waals surface area contributed by atoms with Gasteiger partial charge in [0, 0.05) is 5.92 Å². The van der Waals surface area contributed by atoms with E-state index in [2.05, 4.69) is 15.5 Å². The second kappa shape index (κ2) is 6.08. The van der Waals surface area contributed by atoms with E-state index in [1.807, 2.05) is 0 Å². The lowest BCUT2D eigenvalue weighted by molar-refractivity contribution is -0.122. The Balaban J connectivity index is 1.58. The molecule has 1 N–H and O–H groups in total. The Hall–Kier alpha value is -1.16. The summed E-state index contributed by atoms with van der Waals surface area (Å²) < 4.78 is 0. The predicted molar refractivity (Wildman–Crippen MR) is 78.5 cm³/mol. The molecule has 0 radical (unpaired) electrons. The SMILES string of the molecule is O=C(Nc1ccc(Cl)nn1)C1CCC2CCCCC2C1. The van der Waals surface area contributed by atoms with Gasteiger partial charge in [0.2, 0.25) is 5.91 Å². The van der Waals surface area contributed by atoms with Crippen molar-refractivity contribution in [2.24, 2.45) is 17.8 Å². The van der Waals surface area contributed by atoms with Gasteiger partial charge in [-0.2, -0.15) is 0 Å². The van der Waals surface area contributed by atoms with Gasteiger partial charge in [-0.3, -0.25) is 4.79 Å². The van der Waals surface area contributed by atoms with E-state index < -0.39 is 0 Å². The lowest BCUT2D eigenvalue weighted by Crippen LogP contribution is -2.34. The fourth-order valence-electron chi connectivity index (χ4n) is 3.72. The van der Waals surface area contributed by atoms with Crippen molar-refractivity contribution < 1.29 is 4.79 Å². The molecule has 108 valence electrons. The molecule has 0 spiro atoms. The van der Waals surface area contributed by atoms with Gasteiger partial charge in [0.15, 0.2) is 11.0 Å². The fraction of sp³-hybridized carbons (Fsp3) is 0.667. The van der Waals surface area contributed by atoms with E-state index in [0.29, 0.717) is 11.0 Å². The summed E-state index contributed by atoms with van der Waals surface area (Å²) in [5, 5.41) is 10.8. The van der Waals surface area contributed by atoms with Gasteiger partial charge in [0.05, 0.1) is 0 Å². The van der Waals surface area contributed by atoms with E-state index in [1.165, 1.54) is 32.1 Å². The molecule has 2 fully saturated rings. The second-order valence-corrected chi connectivity index (χ2v) is 6.43. The third kappa shape index (κ3) is 3.11. The van der Waals surface area contributed by atoms with Crippen molar-refractivity contribution in [3.05, 3.63) is 17.3 Å². The summed E-state index contributed by atoms with van der Waals surface area (Å²) in [6.45, 7) is 0. The second-order valence-electron chi connectivity index (χ2n) is 6.05. The van der Waals surface area contributed by atoms with Crippen molar-refractivity contribution in [1.29, 1.82) is 0 Å². The van der Waals surface area contributed by atoms with Gasteiger partial charge < -0.3 is 5.32 Å². The van der Waals surface area contributed by atoms with Crippen molar-refractivity contribution in [2.45, 2.75) is 44.9 Å². The Labute approximate surface area is 124 Å². The molecule has 20 heavy (non-hydrogen) atoms. The number of fused-ring (bicyclic) bond motifs is 1. The van der Waals surface area contributed by atoms with E-state index in [4.69, 9.17) is 11.6 Å². The maximum absolute atomic E-state index is 12.3. The molecule has 4 nitrogen and oxygen atoms in total. The number of amides is 1. The summed E-state index contributed by atoms with van der Waals surface area (Å²) >= 11 is 5.69. The van der Waals surface area contributed by atoms with Crippen LogP contribution < -0.4 is 5.32 Å². The molecule has 1 heterocycles. The zero-order valence-electron chi connectivity index (χ0n) is 11.5. The zero-order chi connectivity index (χ0) is 13.9. The number of nitrogens with one attached hydrogen (secondary N) is 1. The molecular formula is C15H20ClN3O. The average molecular weight is 294 g/mol. The van der Waals surface area contributed by atoms with Crippen LogP contribution in [0.2, 0.25) is 5.15 Å². The van der Waals surface area contributed by atoms with Crippen LogP contribution >= 0.6 is 11.6 Å². The molecule has 1 aromatic heterocycles. The molecule has 0 saturated heterocycles. The number of carbonyl (C=O) groups is 1. The van der Waals surface area contributed by atoms with Crippen molar-refractivity contribution in [3.63, 3.8) is 0 Å². The fourth-order valence-corrected chi connectivity index (χ4v) is 3.82. The lowest BCUT2D eigenvalue weighted by atomic mass is 9.67. The minimum atomic E-state index is 0.0886. The van der Waals surface area contributed by atoms with Crippen LogP contribution in [0.15, 0.2) is 12.1 Å². The molecule has 3 atom stereocenters. The summed E-state index contributed by atoms with van der Waals surface area (Å²) in [7, 11) is 0. The van der Waals surface area contributed by atoms with E-state index >= 15 is 0 Å². The van der Waals surface area contributed by atoms with E-state index in [-0.39, 0.29) is 11.8 Å². The molecule has 5 heteroatoms. The Morgan fingerprint density at radius 3 is 2.65 bits per heavy atom. The van der Waals surface area contributed by atoms with Crippen molar-refractivity contribution >= 4 is 23.3 Å². The summed E-state index contributed by atoms with van der Waals surface area (Å²) in [5.74, 6) is 2.33. The smallest absolute Gasteiger partial charge is 0.228 e. The number of carbonyl (C=O) groups excluding carboxylic acids is 1. The number of aromatic nitrogens is 2. The molecule has 3 rings (SSSR count). The molecule has 2 aliphatic carbocycles. The molecule has 2 aliphatic rings. The normalized spacial score (nSPS) is 29.6. The molecular weight excluding hydrogens is 274 g/mol. The minimum Gasteiger partial charge on any atom is -0.309 e. The maximum atomic E-state index is 12.3. The highest BCUT2D eigenvalue weighted by Crippen LogP contribution is 2.42. The molecule has 3 unspecified atom stereocenters. The van der Waals surface area contributed by atoms with Crippen molar-refractivity contribution in [1.82, 2.24) is 10.2 Å². The number of nitrogens with zero attached hydrogens (tertiary/aromatic N) is 2. The molecule has 0 aromatic carbocycles. The van der Waals surface area contributed by atoms with Gasteiger partial charge in [0.1, 0.15) is 0 Å². The highest BCUT2D eigenvalue weighted by molar-refractivity contribution is 6.29. The van der Waals surface area contributed by atoms with Crippen molar-refractivity contribution in [2.75, 3.05) is 5.32 Å². The highest BCUT2D eigenvalue weighted by Gasteiger charge is 2.35. The molecule has 1 amide bonds. The van der Waals surface area contributed by atoms with Crippen LogP contribution in [0.3, 0.4) is 0 Å². The number of hydrogen-bond acceptors (Lipinski definition) is 3. The van der Waals surface area contributed by atoms with Crippen LogP contribution in [-0.4, -0.2) is 16.1 Å². The van der Waals surface area contributed by atoms with Gasteiger partial charge in [0.25, 0.3) is 0 Å². The summed E-state index contributed by atoms with van der Waals surface area (Å²) in [6, 6.07) is 3.33. The largest absolute Gasteiger partial charge is 0.309 e. The maximum Gasteiger partial charge on any atom is 0.228 e. The summed E-state index contributed by atoms with van der Waals surface area (Å²) in [5.41, 5.74) is 0. The third-order valence-corrected chi connectivity index (χ3v) is 5.00. The number of halogens is 1. The Bertz CT molecular complexity index is 477. The molecule has 0 aliphatic heterocycles. The van der Waals surface area contributed by atoms with Crippen LogP contribution in [-0.2, 0) is 4.79 Å². The van der Waals surface area contributed by atoms with Crippen LogP contribution in [0, 0.1) is 17.8 Å². The summed E-state index contributed by atoms with van der Waals surface area (Å²) in [4.78, 5) is 12.3. The minimum absolute atomic E-state index is 0.0886. The van der Waals surface area contributed by atoms with E-state index in [9.17, 15) is 4.79 Å². The number of rotatable bonds is 2. The lowest BCUT2D eigenvalue weighted by Gasteiger charge is -2.38. The molecule has 2 saturated carbocycles. The summed E-state index contributed by atoms with van der Waals surface area (Å²) in [6.07, 6.45) is 8.62. The first-order valence-electron chi connectivity index (χ1n) is 7.52. The first-order valence-corrected chi connectivity index (χ1v) is 7.90. The first kappa shape index (κ1) is 13.8. The van der Waals surface area contributed by atoms with Crippen molar-refractivity contribution in [3.8, 4) is 0 Å². The van der Waals surface area contributed by atoms with E-state index in [1.54, 1.807) is 12.1 Å². The van der Waals surface area contributed by atoms with Crippen LogP contribution in [0.4, 0.5) is 5.82 Å². The number of hydrogen-bond donors (Lipinski definition) is 1. The van der Waals surface area contributed by atoms with Crippen LogP contribution in [0.1, 0.15) is 44.9 Å². The van der Waals surface area contributed by atoms with E-state index in [0.717, 1.165) is 24.7 Å².